The molecule has 0 aliphatic carbocycles. The zero-order valence-corrected chi connectivity index (χ0v) is 45.8. The van der Waals surface area contributed by atoms with Gasteiger partial charge in [-0.3, -0.25) is 0 Å². The lowest BCUT2D eigenvalue weighted by atomic mass is 10.2. The predicted molar refractivity (Wildman–Crippen MR) is 235 cm³/mol. The van der Waals surface area contributed by atoms with Crippen LogP contribution in [0.3, 0.4) is 0 Å². The Kier molecular flexibility index (Phi) is 16.9. The van der Waals surface area contributed by atoms with Crippen LogP contribution in [-0.4, -0.2) is 85.1 Å². The second-order valence-corrected chi connectivity index (χ2v) is 60.4. The minimum atomic E-state index is -4.34. The molecule has 0 bridgehead atoms. The molecule has 0 atom stereocenters. The number of hydrogen-bond donors (Lipinski definition) is 0. The van der Waals surface area contributed by atoms with Crippen molar-refractivity contribution >= 4 is 91.2 Å². The van der Waals surface area contributed by atoms with Crippen LogP contribution in [0.15, 0.2) is 35.5 Å². The molecule has 1 aromatic carbocycles. The second-order valence-electron chi connectivity index (χ2n) is 19.7. The molecule has 0 aliphatic heterocycles. The highest BCUT2D eigenvalue weighted by Crippen LogP contribution is 2.40. The molecule has 1 rings (SSSR count). The van der Waals surface area contributed by atoms with Crippen LogP contribution < -0.4 is 0 Å². The van der Waals surface area contributed by atoms with Gasteiger partial charge in [-0.05, 0) is 155 Å². The molecule has 0 N–H and O–H groups in total. The second kappa shape index (κ2) is 17.3. The third kappa shape index (κ3) is 19.9. The van der Waals surface area contributed by atoms with Crippen LogP contribution in [-0.2, 0) is 37.0 Å². The molecule has 0 spiro atoms. The summed E-state index contributed by atoms with van der Waals surface area (Å²) >= 11 is 0. The first-order chi connectivity index (χ1) is 21.9. The molecule has 0 fully saturated rings. The molecular formula is C31H74O9Si10. The molecule has 19 heteroatoms. The van der Waals surface area contributed by atoms with E-state index in [1.807, 2.05) is 18.2 Å². The van der Waals surface area contributed by atoms with Crippen LogP contribution in [0.25, 0.3) is 6.08 Å². The SMILES string of the molecule is CCC(=Cc1ccccc1)[Si](O[Si](C)(C)C)(O[Si](C)(C)C)O[Si](O[Si](C)(C)C)(O[Si](C)(C)C)O[Si](O[Si](C)(C)C)(O[Si](C)(C)C)O[Si](C)(C)C. The van der Waals surface area contributed by atoms with Crippen LogP contribution in [0.2, 0.25) is 137 Å². The van der Waals surface area contributed by atoms with E-state index in [-0.39, 0.29) is 0 Å². The van der Waals surface area contributed by atoms with Gasteiger partial charge in [-0.2, -0.15) is 0 Å². The smallest absolute Gasteiger partial charge is 0.414 e. The van der Waals surface area contributed by atoms with Crippen LogP contribution >= 0.6 is 0 Å². The molecule has 0 aliphatic rings. The summed E-state index contributed by atoms with van der Waals surface area (Å²) in [5, 5.41) is 0.961. The number of hydrogen-bond acceptors (Lipinski definition) is 9. The first-order valence-electron chi connectivity index (χ1n) is 18.0. The normalized spacial score (nSPS) is 15.5. The maximum Gasteiger partial charge on any atom is 0.645 e. The molecule has 0 saturated heterocycles. The van der Waals surface area contributed by atoms with Gasteiger partial charge in [-0.25, -0.2) is 0 Å². The van der Waals surface area contributed by atoms with Crippen LogP contribution in [0.4, 0.5) is 0 Å². The van der Waals surface area contributed by atoms with E-state index >= 15 is 0 Å². The van der Waals surface area contributed by atoms with Crippen molar-refractivity contribution in [1.29, 1.82) is 0 Å². The average Bonchev–Trinajstić information content (AvgIpc) is 2.74. The quantitative estimate of drug-likeness (QED) is 0.112. The van der Waals surface area contributed by atoms with Gasteiger partial charge in [0.05, 0.1) is 0 Å². The molecule has 292 valence electrons. The summed E-state index contributed by atoms with van der Waals surface area (Å²) in [6.45, 7) is 47.3. The summed E-state index contributed by atoms with van der Waals surface area (Å²) in [6, 6.07) is 10.3. The molecule has 0 heterocycles. The zero-order valence-electron chi connectivity index (χ0n) is 35.8. The highest BCUT2D eigenvalue weighted by atomic mass is 28.6. The van der Waals surface area contributed by atoms with E-state index in [0.29, 0.717) is 6.42 Å². The molecule has 0 amide bonds. The summed E-state index contributed by atoms with van der Waals surface area (Å²) in [7, 11) is -29.1. The van der Waals surface area contributed by atoms with Gasteiger partial charge in [0.1, 0.15) is 0 Å². The largest absolute Gasteiger partial charge is 0.645 e. The summed E-state index contributed by atoms with van der Waals surface area (Å²) in [6.07, 6.45) is 2.82. The van der Waals surface area contributed by atoms with E-state index in [9.17, 15) is 0 Å². The Morgan fingerprint density at radius 1 is 0.400 bits per heavy atom. The third-order valence-electron chi connectivity index (χ3n) is 5.46. The lowest BCUT2D eigenvalue weighted by molar-refractivity contribution is 0.0524. The Morgan fingerprint density at radius 3 is 0.940 bits per heavy atom. The van der Waals surface area contributed by atoms with Crippen LogP contribution in [0.5, 0.6) is 0 Å². The van der Waals surface area contributed by atoms with E-state index in [1.165, 1.54) is 0 Å². The topological polar surface area (TPSA) is 83.1 Å². The van der Waals surface area contributed by atoms with Gasteiger partial charge >= 0.3 is 26.9 Å². The Bertz CT molecular complexity index is 1160. The molecule has 0 radical (unpaired) electrons. The summed E-state index contributed by atoms with van der Waals surface area (Å²) in [4.78, 5) is 0. The zero-order chi connectivity index (χ0) is 39.5. The summed E-state index contributed by atoms with van der Waals surface area (Å²) in [5.41, 5.74) is 1.04. The fraction of sp³-hybridized carbons (Fsp3) is 0.742. The molecule has 50 heavy (non-hydrogen) atoms. The van der Waals surface area contributed by atoms with Crippen LogP contribution in [0.1, 0.15) is 18.9 Å². The molecule has 0 saturated carbocycles. The maximum absolute atomic E-state index is 7.73. The summed E-state index contributed by atoms with van der Waals surface area (Å²) < 4.78 is 65.9. The maximum atomic E-state index is 7.73. The molecule has 0 aromatic heterocycles. The highest BCUT2D eigenvalue weighted by molar-refractivity contribution is 6.96. The standard InChI is InChI=1S/C31H74O9Si10/c1-23-31(29-30-27-25-24-26-28-30)48(32-41(2,3)4,33-42(5,6)7)39-50(37-46(17,18)19,38-47(20,21)22)40-49(34-43(8,9)10,35-44(11,12)13)36-45(14,15)16/h24-29H,23H2,1-22H3. The van der Waals surface area contributed by atoms with Gasteiger partial charge in [-0.1, -0.05) is 43.3 Å². The Balaban J connectivity index is 4.57. The third-order valence-corrected chi connectivity index (χ3v) is 35.1. The fourth-order valence-electron chi connectivity index (χ4n) is 4.67. The Hall–Kier alpha value is 0.769. The lowest BCUT2D eigenvalue weighted by Gasteiger charge is -2.49. The van der Waals surface area contributed by atoms with Gasteiger partial charge < -0.3 is 37.0 Å². The fourth-order valence-corrected chi connectivity index (χ4v) is 39.1. The van der Waals surface area contributed by atoms with Crippen molar-refractivity contribution in [1.82, 2.24) is 0 Å². The van der Waals surface area contributed by atoms with Gasteiger partial charge in [0.15, 0.2) is 58.2 Å². The van der Waals surface area contributed by atoms with E-state index < -0.39 is 85.1 Å². The van der Waals surface area contributed by atoms with Crippen molar-refractivity contribution in [3.05, 3.63) is 41.1 Å². The monoisotopic (exact) mass is 870 g/mol. The van der Waals surface area contributed by atoms with Gasteiger partial charge in [0, 0.05) is 0 Å². The highest BCUT2D eigenvalue weighted by Gasteiger charge is 2.69. The van der Waals surface area contributed by atoms with Crippen molar-refractivity contribution in [2.45, 2.75) is 151 Å². The van der Waals surface area contributed by atoms with E-state index in [2.05, 4.69) is 163 Å². The minimum absolute atomic E-state index is 0.644. The average molecular weight is 872 g/mol. The van der Waals surface area contributed by atoms with Crippen molar-refractivity contribution < 1.29 is 37.0 Å². The van der Waals surface area contributed by atoms with E-state index in [0.717, 1.165) is 10.8 Å². The van der Waals surface area contributed by atoms with Crippen molar-refractivity contribution in [2.24, 2.45) is 0 Å². The van der Waals surface area contributed by atoms with E-state index in [1.54, 1.807) is 0 Å². The van der Waals surface area contributed by atoms with Gasteiger partial charge in [-0.15, -0.1) is 0 Å². The molecule has 0 unspecified atom stereocenters. The Morgan fingerprint density at radius 2 is 0.680 bits per heavy atom. The number of benzene rings is 1. The first kappa shape index (κ1) is 48.8. The van der Waals surface area contributed by atoms with Crippen molar-refractivity contribution in [3.8, 4) is 0 Å². The number of rotatable bonds is 21. The number of allylic oxidation sites excluding steroid dienone is 1. The lowest BCUT2D eigenvalue weighted by Crippen LogP contribution is -2.74. The Labute approximate surface area is 318 Å². The van der Waals surface area contributed by atoms with Crippen LogP contribution in [0, 0.1) is 0 Å². The van der Waals surface area contributed by atoms with Crippen molar-refractivity contribution in [2.75, 3.05) is 0 Å². The molecule has 1 aromatic rings. The molecule has 9 nitrogen and oxygen atoms in total. The van der Waals surface area contributed by atoms with Crippen molar-refractivity contribution in [3.63, 3.8) is 0 Å². The summed E-state index contributed by atoms with van der Waals surface area (Å²) in [5.74, 6) is 0. The van der Waals surface area contributed by atoms with Gasteiger partial charge in [0.25, 0.3) is 0 Å². The van der Waals surface area contributed by atoms with Gasteiger partial charge in [0.2, 0.25) is 0 Å². The first-order valence-corrected chi connectivity index (χ1v) is 46.8. The van der Waals surface area contributed by atoms with E-state index in [4.69, 9.17) is 37.0 Å². The molecular weight excluding hydrogens is 797 g/mol. The minimum Gasteiger partial charge on any atom is -0.414 e. The predicted octanol–water partition coefficient (Wildman–Crippen LogP) is 10.8.